The van der Waals surface area contributed by atoms with Crippen molar-refractivity contribution in [3.8, 4) is 0 Å². The Morgan fingerprint density at radius 1 is 1.29 bits per heavy atom. The molecule has 0 atom stereocenters. The molecule has 5 nitrogen and oxygen atoms in total. The molecule has 0 aromatic carbocycles. The van der Waals surface area contributed by atoms with Crippen LogP contribution in [0.4, 0.5) is 0 Å². The van der Waals surface area contributed by atoms with Crippen molar-refractivity contribution in [2.24, 2.45) is 0 Å². The maximum Gasteiger partial charge on any atom is 0.500 e. The standard InChI is InChI=1S/C8H16O5Si/c1-7(8(9)10)5-6-14(11-2,12-3)13-4/h1,5-6H2,2-4H3,(H,9,10). The summed E-state index contributed by atoms with van der Waals surface area (Å²) in [5.41, 5.74) is 0.132. The zero-order chi connectivity index (χ0) is 11.2. The van der Waals surface area contributed by atoms with Crippen LogP contribution in [0.5, 0.6) is 0 Å². The molecule has 0 bridgehead atoms. The average Bonchev–Trinajstić information content (AvgIpc) is 2.20. The Bertz CT molecular complexity index is 204. The predicted octanol–water partition coefficient (Wildman–Crippen LogP) is 0.895. The second-order valence-corrected chi connectivity index (χ2v) is 5.79. The normalized spacial score (nSPS) is 11.4. The summed E-state index contributed by atoms with van der Waals surface area (Å²) in [7, 11) is 1.82. The quantitative estimate of drug-likeness (QED) is 0.510. The number of carboxylic acid groups (broad SMARTS) is 1. The van der Waals surface area contributed by atoms with E-state index < -0.39 is 14.8 Å². The SMILES string of the molecule is C=C(CC[Si](OC)(OC)OC)C(=O)O. The minimum Gasteiger partial charge on any atom is -0.478 e. The van der Waals surface area contributed by atoms with E-state index in [2.05, 4.69) is 6.58 Å². The van der Waals surface area contributed by atoms with Crippen molar-refractivity contribution >= 4 is 14.8 Å². The Hall–Kier alpha value is -0.693. The van der Waals surface area contributed by atoms with E-state index in [1.165, 1.54) is 21.3 Å². The van der Waals surface area contributed by atoms with Crippen LogP contribution in [0.2, 0.25) is 6.04 Å². The number of aliphatic carboxylic acids is 1. The van der Waals surface area contributed by atoms with E-state index in [0.717, 1.165) is 0 Å². The summed E-state index contributed by atoms with van der Waals surface area (Å²) in [6.07, 6.45) is 0.303. The van der Waals surface area contributed by atoms with Crippen molar-refractivity contribution < 1.29 is 23.2 Å². The van der Waals surface area contributed by atoms with Gasteiger partial charge in [0, 0.05) is 32.9 Å². The molecule has 0 aromatic rings. The Labute approximate surface area is 84.7 Å². The minimum absolute atomic E-state index is 0.132. The highest BCUT2D eigenvalue weighted by Gasteiger charge is 2.37. The third kappa shape index (κ3) is 3.58. The first kappa shape index (κ1) is 13.3. The monoisotopic (exact) mass is 220 g/mol. The summed E-state index contributed by atoms with van der Waals surface area (Å²) in [5.74, 6) is -1.00. The summed E-state index contributed by atoms with van der Waals surface area (Å²) in [4.78, 5) is 10.5. The van der Waals surface area contributed by atoms with Crippen molar-refractivity contribution in [3.05, 3.63) is 12.2 Å². The van der Waals surface area contributed by atoms with Gasteiger partial charge in [0.05, 0.1) is 0 Å². The van der Waals surface area contributed by atoms with Gasteiger partial charge < -0.3 is 18.4 Å². The molecule has 1 N–H and O–H groups in total. The predicted molar refractivity (Wildman–Crippen MR) is 53.0 cm³/mol. The first-order chi connectivity index (χ1) is 6.51. The molecule has 14 heavy (non-hydrogen) atoms. The fourth-order valence-corrected chi connectivity index (χ4v) is 2.69. The number of hydrogen-bond acceptors (Lipinski definition) is 4. The Morgan fingerprint density at radius 2 is 1.71 bits per heavy atom. The molecule has 0 heterocycles. The Balaban J connectivity index is 4.19. The molecule has 82 valence electrons. The van der Waals surface area contributed by atoms with Crippen LogP contribution in [0.25, 0.3) is 0 Å². The van der Waals surface area contributed by atoms with Crippen molar-refractivity contribution in [1.82, 2.24) is 0 Å². The molecule has 0 radical (unpaired) electrons. The van der Waals surface area contributed by atoms with Gasteiger partial charge in [0.25, 0.3) is 0 Å². The molecule has 0 unspecified atom stereocenters. The molecule has 0 aliphatic heterocycles. The number of carbonyl (C=O) groups is 1. The molecule has 0 fully saturated rings. The maximum absolute atomic E-state index is 10.5. The number of hydrogen-bond donors (Lipinski definition) is 1. The third-order valence-corrected chi connectivity index (χ3v) is 4.70. The van der Waals surface area contributed by atoms with Crippen LogP contribution in [0, 0.1) is 0 Å². The lowest BCUT2D eigenvalue weighted by Crippen LogP contribution is -2.42. The molecule has 0 amide bonds. The van der Waals surface area contributed by atoms with E-state index >= 15 is 0 Å². The smallest absolute Gasteiger partial charge is 0.478 e. The first-order valence-electron chi connectivity index (χ1n) is 4.08. The highest BCUT2D eigenvalue weighted by atomic mass is 28.4. The largest absolute Gasteiger partial charge is 0.500 e. The Kier molecular flexibility index (Phi) is 5.62. The van der Waals surface area contributed by atoms with E-state index in [4.69, 9.17) is 18.4 Å². The number of carboxylic acids is 1. The number of rotatable bonds is 7. The average molecular weight is 220 g/mol. The van der Waals surface area contributed by atoms with Gasteiger partial charge in [-0.05, 0) is 6.42 Å². The van der Waals surface area contributed by atoms with Gasteiger partial charge in [-0.15, -0.1) is 0 Å². The van der Waals surface area contributed by atoms with Crippen LogP contribution >= 0.6 is 0 Å². The maximum atomic E-state index is 10.5. The lowest BCUT2D eigenvalue weighted by Gasteiger charge is -2.24. The van der Waals surface area contributed by atoms with E-state index in [-0.39, 0.29) is 5.57 Å². The minimum atomic E-state index is -2.65. The molecule has 0 aliphatic rings. The fourth-order valence-electron chi connectivity index (χ4n) is 0.967. The summed E-state index contributed by atoms with van der Waals surface area (Å²) in [5, 5.41) is 8.59. The lowest BCUT2D eigenvalue weighted by molar-refractivity contribution is -0.132. The molecule has 0 spiro atoms. The molecule has 0 saturated heterocycles. The van der Waals surface area contributed by atoms with E-state index in [9.17, 15) is 4.79 Å². The van der Waals surface area contributed by atoms with Gasteiger partial charge >= 0.3 is 14.8 Å². The Morgan fingerprint density at radius 3 is 2.00 bits per heavy atom. The molecular formula is C8H16O5Si. The second-order valence-electron chi connectivity index (χ2n) is 2.70. The molecule has 0 aliphatic carbocycles. The summed E-state index contributed by atoms with van der Waals surface area (Å²) in [6.45, 7) is 3.42. The second kappa shape index (κ2) is 5.92. The highest BCUT2D eigenvalue weighted by molar-refractivity contribution is 6.60. The summed E-state index contributed by atoms with van der Waals surface area (Å²) in [6, 6.07) is 0.418. The summed E-state index contributed by atoms with van der Waals surface area (Å²) < 4.78 is 15.4. The van der Waals surface area contributed by atoms with Gasteiger partial charge in [-0.1, -0.05) is 6.58 Å². The van der Waals surface area contributed by atoms with E-state index in [1.807, 2.05) is 0 Å². The highest BCUT2D eigenvalue weighted by Crippen LogP contribution is 2.17. The van der Waals surface area contributed by atoms with Gasteiger partial charge in [-0.25, -0.2) is 4.79 Å². The van der Waals surface area contributed by atoms with Crippen LogP contribution in [0.15, 0.2) is 12.2 Å². The topological polar surface area (TPSA) is 65.0 Å². The van der Waals surface area contributed by atoms with Crippen LogP contribution in [0.3, 0.4) is 0 Å². The van der Waals surface area contributed by atoms with Crippen molar-refractivity contribution in [2.45, 2.75) is 12.5 Å². The molecule has 6 heteroatoms. The third-order valence-electron chi connectivity index (χ3n) is 1.97. The molecule has 0 rings (SSSR count). The molecular weight excluding hydrogens is 204 g/mol. The van der Waals surface area contributed by atoms with E-state index in [1.54, 1.807) is 0 Å². The van der Waals surface area contributed by atoms with Crippen molar-refractivity contribution in [3.63, 3.8) is 0 Å². The van der Waals surface area contributed by atoms with Crippen LogP contribution in [-0.4, -0.2) is 41.2 Å². The van der Waals surface area contributed by atoms with Gasteiger partial charge in [0.15, 0.2) is 0 Å². The zero-order valence-corrected chi connectivity index (χ0v) is 9.70. The fraction of sp³-hybridized carbons (Fsp3) is 0.625. The first-order valence-corrected chi connectivity index (χ1v) is 6.01. The van der Waals surface area contributed by atoms with Gasteiger partial charge in [-0.3, -0.25) is 0 Å². The molecule has 0 aromatic heterocycles. The molecule has 0 saturated carbocycles. The van der Waals surface area contributed by atoms with E-state index in [0.29, 0.717) is 12.5 Å². The van der Waals surface area contributed by atoms with Crippen molar-refractivity contribution in [2.75, 3.05) is 21.3 Å². The van der Waals surface area contributed by atoms with Crippen LogP contribution in [-0.2, 0) is 18.1 Å². The van der Waals surface area contributed by atoms with Crippen LogP contribution < -0.4 is 0 Å². The van der Waals surface area contributed by atoms with Gasteiger partial charge in [-0.2, -0.15) is 0 Å². The lowest BCUT2D eigenvalue weighted by atomic mass is 10.2. The van der Waals surface area contributed by atoms with Gasteiger partial charge in [0.2, 0.25) is 0 Å². The van der Waals surface area contributed by atoms with Gasteiger partial charge in [0.1, 0.15) is 0 Å². The zero-order valence-electron chi connectivity index (χ0n) is 8.70. The summed E-state index contributed by atoms with van der Waals surface area (Å²) >= 11 is 0. The van der Waals surface area contributed by atoms with Crippen molar-refractivity contribution in [1.29, 1.82) is 0 Å². The van der Waals surface area contributed by atoms with Crippen LogP contribution in [0.1, 0.15) is 6.42 Å².